The van der Waals surface area contributed by atoms with Crippen molar-refractivity contribution >= 4 is 5.91 Å². The lowest BCUT2D eigenvalue weighted by Gasteiger charge is -2.12. The molecule has 3 rings (SSSR count). The van der Waals surface area contributed by atoms with Crippen LogP contribution >= 0.6 is 0 Å². The number of benzene rings is 2. The maximum atomic E-state index is 13.0. The number of amides is 1. The SMILES string of the molecule is O=C(NCc1cc(-c2ccccc2)on1)c1ccccc1C(F)(F)F. The number of nitrogens with one attached hydrogen (secondary N) is 1. The summed E-state index contributed by atoms with van der Waals surface area (Å²) in [4.78, 5) is 12.1. The summed E-state index contributed by atoms with van der Waals surface area (Å²) in [7, 11) is 0. The molecule has 1 aromatic heterocycles. The third-order valence-corrected chi connectivity index (χ3v) is 3.52. The van der Waals surface area contributed by atoms with Gasteiger partial charge in [0, 0.05) is 11.6 Å². The van der Waals surface area contributed by atoms with E-state index in [-0.39, 0.29) is 6.54 Å². The predicted molar refractivity (Wildman–Crippen MR) is 84.6 cm³/mol. The Morgan fingerprint density at radius 1 is 1.04 bits per heavy atom. The Morgan fingerprint density at radius 3 is 2.44 bits per heavy atom. The number of hydrogen-bond donors (Lipinski definition) is 1. The van der Waals surface area contributed by atoms with Crippen LogP contribution in [0, 0.1) is 0 Å². The maximum absolute atomic E-state index is 13.0. The Bertz CT molecular complexity index is 873. The van der Waals surface area contributed by atoms with Gasteiger partial charge in [-0.3, -0.25) is 4.79 Å². The van der Waals surface area contributed by atoms with Gasteiger partial charge < -0.3 is 9.84 Å². The highest BCUT2D eigenvalue weighted by Gasteiger charge is 2.34. The van der Waals surface area contributed by atoms with Gasteiger partial charge in [-0.15, -0.1) is 0 Å². The van der Waals surface area contributed by atoms with Crippen LogP contribution in [0.15, 0.2) is 65.2 Å². The Kier molecular flexibility index (Phi) is 4.56. The molecule has 0 spiro atoms. The van der Waals surface area contributed by atoms with Gasteiger partial charge >= 0.3 is 6.18 Å². The summed E-state index contributed by atoms with van der Waals surface area (Å²) in [5.41, 5.74) is -0.175. The Balaban J connectivity index is 1.71. The molecule has 0 radical (unpaired) electrons. The number of hydrogen-bond acceptors (Lipinski definition) is 3. The van der Waals surface area contributed by atoms with Gasteiger partial charge in [-0.25, -0.2) is 0 Å². The van der Waals surface area contributed by atoms with Crippen molar-refractivity contribution < 1.29 is 22.5 Å². The van der Waals surface area contributed by atoms with E-state index in [9.17, 15) is 18.0 Å². The summed E-state index contributed by atoms with van der Waals surface area (Å²) in [5, 5.41) is 6.25. The number of carbonyl (C=O) groups is 1. The van der Waals surface area contributed by atoms with Gasteiger partial charge in [-0.1, -0.05) is 47.6 Å². The molecule has 0 aliphatic heterocycles. The minimum Gasteiger partial charge on any atom is -0.356 e. The van der Waals surface area contributed by atoms with E-state index in [4.69, 9.17) is 4.52 Å². The van der Waals surface area contributed by atoms with Crippen molar-refractivity contribution in [2.75, 3.05) is 0 Å². The molecule has 1 heterocycles. The third-order valence-electron chi connectivity index (χ3n) is 3.52. The quantitative estimate of drug-likeness (QED) is 0.767. The first-order valence-electron chi connectivity index (χ1n) is 7.40. The minimum absolute atomic E-state index is 0.0403. The van der Waals surface area contributed by atoms with Crippen molar-refractivity contribution in [3.05, 3.63) is 77.5 Å². The number of carbonyl (C=O) groups excluding carboxylic acids is 1. The van der Waals surface area contributed by atoms with Gasteiger partial charge in [0.1, 0.15) is 5.69 Å². The molecule has 128 valence electrons. The molecule has 0 saturated carbocycles. The molecule has 0 aliphatic rings. The molecule has 0 bridgehead atoms. The zero-order chi connectivity index (χ0) is 17.9. The molecule has 0 fully saturated rings. The highest BCUT2D eigenvalue weighted by Crippen LogP contribution is 2.31. The highest BCUT2D eigenvalue weighted by atomic mass is 19.4. The fourth-order valence-electron chi connectivity index (χ4n) is 2.33. The van der Waals surface area contributed by atoms with Gasteiger partial charge in [0.25, 0.3) is 5.91 Å². The first kappa shape index (κ1) is 16.8. The summed E-state index contributed by atoms with van der Waals surface area (Å²) in [6.45, 7) is -0.0403. The fourth-order valence-corrected chi connectivity index (χ4v) is 2.33. The van der Waals surface area contributed by atoms with E-state index in [1.165, 1.54) is 12.1 Å². The average Bonchev–Trinajstić information content (AvgIpc) is 3.09. The zero-order valence-corrected chi connectivity index (χ0v) is 12.9. The maximum Gasteiger partial charge on any atom is 0.417 e. The van der Waals surface area contributed by atoms with E-state index in [2.05, 4.69) is 10.5 Å². The largest absolute Gasteiger partial charge is 0.417 e. The standard InChI is InChI=1S/C18H13F3N2O2/c19-18(20,21)15-9-5-4-8-14(15)17(24)22-11-13-10-16(25-23-13)12-6-2-1-3-7-12/h1-10H,11H2,(H,22,24). The molecule has 2 aromatic carbocycles. The number of aromatic nitrogens is 1. The summed E-state index contributed by atoms with van der Waals surface area (Å²) in [6, 6.07) is 15.5. The molecule has 4 nitrogen and oxygen atoms in total. The van der Waals surface area contributed by atoms with Gasteiger partial charge in [0.2, 0.25) is 0 Å². The van der Waals surface area contributed by atoms with Crippen LogP contribution in [0.1, 0.15) is 21.6 Å². The Labute approximate surface area is 141 Å². The van der Waals surface area contributed by atoms with E-state index >= 15 is 0 Å². The van der Waals surface area contributed by atoms with Crippen LogP contribution in [0.25, 0.3) is 11.3 Å². The molecule has 1 amide bonds. The first-order chi connectivity index (χ1) is 11.9. The second-order valence-electron chi connectivity index (χ2n) is 5.27. The predicted octanol–water partition coefficient (Wildman–Crippen LogP) is 4.29. The van der Waals surface area contributed by atoms with Crippen molar-refractivity contribution in [3.63, 3.8) is 0 Å². The Morgan fingerprint density at radius 2 is 1.72 bits per heavy atom. The van der Waals surface area contributed by atoms with E-state index in [1.807, 2.05) is 30.3 Å². The highest BCUT2D eigenvalue weighted by molar-refractivity contribution is 5.95. The molecule has 0 aliphatic carbocycles. The molecule has 0 saturated heterocycles. The van der Waals surface area contributed by atoms with Crippen molar-refractivity contribution in [1.29, 1.82) is 0 Å². The van der Waals surface area contributed by atoms with E-state index in [0.717, 1.165) is 17.7 Å². The van der Waals surface area contributed by atoms with Gasteiger partial charge in [-0.2, -0.15) is 13.2 Å². The van der Waals surface area contributed by atoms with Gasteiger partial charge in [0.05, 0.1) is 17.7 Å². The first-order valence-corrected chi connectivity index (χ1v) is 7.40. The number of rotatable bonds is 4. The normalized spacial score (nSPS) is 11.3. The van der Waals surface area contributed by atoms with Crippen LogP contribution in [0.2, 0.25) is 0 Å². The van der Waals surface area contributed by atoms with Crippen molar-refractivity contribution in [2.24, 2.45) is 0 Å². The zero-order valence-electron chi connectivity index (χ0n) is 12.9. The lowest BCUT2D eigenvalue weighted by Crippen LogP contribution is -2.26. The van der Waals surface area contributed by atoms with Crippen LogP contribution in [0.5, 0.6) is 0 Å². The molecular formula is C18H13F3N2O2. The summed E-state index contributed by atoms with van der Waals surface area (Å²) in [6.07, 6.45) is -4.59. The average molecular weight is 346 g/mol. The second kappa shape index (κ2) is 6.80. The summed E-state index contributed by atoms with van der Waals surface area (Å²) in [5.74, 6) is -0.308. The topological polar surface area (TPSA) is 55.1 Å². The van der Waals surface area contributed by atoms with E-state index in [1.54, 1.807) is 6.07 Å². The number of halogens is 3. The smallest absolute Gasteiger partial charge is 0.356 e. The van der Waals surface area contributed by atoms with Gasteiger partial charge in [-0.05, 0) is 12.1 Å². The van der Waals surface area contributed by atoms with Crippen molar-refractivity contribution in [3.8, 4) is 11.3 Å². The van der Waals surface area contributed by atoms with Crippen LogP contribution < -0.4 is 5.32 Å². The summed E-state index contributed by atoms with van der Waals surface area (Å²) >= 11 is 0. The number of nitrogens with zero attached hydrogens (tertiary/aromatic N) is 1. The molecule has 7 heteroatoms. The van der Waals surface area contributed by atoms with Crippen molar-refractivity contribution in [2.45, 2.75) is 12.7 Å². The number of alkyl halides is 3. The monoisotopic (exact) mass is 346 g/mol. The minimum atomic E-state index is -4.59. The van der Waals surface area contributed by atoms with Crippen LogP contribution in [0.3, 0.4) is 0 Å². The molecule has 0 unspecified atom stereocenters. The Hall–Kier alpha value is -3.09. The van der Waals surface area contributed by atoms with Crippen LogP contribution in [0.4, 0.5) is 13.2 Å². The van der Waals surface area contributed by atoms with E-state index in [0.29, 0.717) is 11.5 Å². The third kappa shape index (κ3) is 3.88. The van der Waals surface area contributed by atoms with Gasteiger partial charge in [0.15, 0.2) is 5.76 Å². The molecule has 1 N–H and O–H groups in total. The van der Waals surface area contributed by atoms with Crippen LogP contribution in [-0.2, 0) is 12.7 Å². The molecular weight excluding hydrogens is 333 g/mol. The molecule has 0 atom stereocenters. The second-order valence-corrected chi connectivity index (χ2v) is 5.27. The lowest BCUT2D eigenvalue weighted by atomic mass is 10.1. The molecule has 25 heavy (non-hydrogen) atoms. The fraction of sp³-hybridized carbons (Fsp3) is 0.111. The van der Waals surface area contributed by atoms with Crippen LogP contribution in [-0.4, -0.2) is 11.1 Å². The summed E-state index contributed by atoms with van der Waals surface area (Å²) < 4.78 is 44.1. The lowest BCUT2D eigenvalue weighted by molar-refractivity contribution is -0.137. The molecule has 3 aromatic rings. The van der Waals surface area contributed by atoms with E-state index < -0.39 is 23.2 Å². The van der Waals surface area contributed by atoms with Crippen molar-refractivity contribution in [1.82, 2.24) is 10.5 Å².